The molecule has 0 saturated heterocycles. The second-order valence-corrected chi connectivity index (χ2v) is 11.1. The first-order valence-corrected chi connectivity index (χ1v) is 14.6. The van der Waals surface area contributed by atoms with Gasteiger partial charge in [-0.2, -0.15) is 0 Å². The molecule has 9 aromatic rings. The molecule has 0 bridgehead atoms. The van der Waals surface area contributed by atoms with Crippen molar-refractivity contribution in [3.8, 4) is 28.2 Å². The maximum absolute atomic E-state index is 5.28. The Hall–Kier alpha value is -5.80. The van der Waals surface area contributed by atoms with Crippen molar-refractivity contribution in [2.45, 2.75) is 0 Å². The fraction of sp³-hybridized carbons (Fsp3) is 0. The first kappa shape index (κ1) is 23.9. The topological polar surface area (TPSA) is 30.7 Å². The second-order valence-electron chi connectivity index (χ2n) is 11.1. The summed E-state index contributed by atoms with van der Waals surface area (Å²) in [6.45, 7) is 0. The number of nitrogens with zero attached hydrogens (tertiary/aromatic N) is 3. The Morgan fingerprint density at radius 1 is 0.395 bits per heavy atom. The molecule has 0 aliphatic heterocycles. The Morgan fingerprint density at radius 2 is 1.14 bits per heavy atom. The van der Waals surface area contributed by atoms with Crippen LogP contribution in [-0.2, 0) is 0 Å². The summed E-state index contributed by atoms with van der Waals surface area (Å²) < 4.78 is 2.38. The van der Waals surface area contributed by atoms with Crippen LogP contribution in [0.2, 0.25) is 0 Å². The van der Waals surface area contributed by atoms with E-state index in [0.717, 1.165) is 55.4 Å². The SMILES string of the molecule is c1ccc(-n2c3ccccc3c3cc4c(-c5cccc(-c6ccc7ccccc7n6)c5)nc5ccccc5c4cc32)cc1. The number of hydrogen-bond acceptors (Lipinski definition) is 2. The van der Waals surface area contributed by atoms with Crippen molar-refractivity contribution in [3.63, 3.8) is 0 Å². The average Bonchev–Trinajstić information content (AvgIpc) is 3.40. The van der Waals surface area contributed by atoms with Gasteiger partial charge >= 0.3 is 0 Å². The summed E-state index contributed by atoms with van der Waals surface area (Å²) in [5, 5.41) is 7.09. The van der Waals surface area contributed by atoms with E-state index in [0.29, 0.717) is 0 Å². The van der Waals surface area contributed by atoms with Gasteiger partial charge in [0.1, 0.15) is 0 Å². The highest BCUT2D eigenvalue weighted by Gasteiger charge is 2.17. The summed E-state index contributed by atoms with van der Waals surface area (Å²) in [6, 6.07) is 53.7. The van der Waals surface area contributed by atoms with Crippen molar-refractivity contribution in [1.29, 1.82) is 0 Å². The van der Waals surface area contributed by atoms with Crippen LogP contribution in [0.25, 0.3) is 82.6 Å². The summed E-state index contributed by atoms with van der Waals surface area (Å²) >= 11 is 0. The van der Waals surface area contributed by atoms with Crippen molar-refractivity contribution in [3.05, 3.63) is 152 Å². The molecular formula is C40H25N3. The van der Waals surface area contributed by atoms with Gasteiger partial charge in [-0.15, -0.1) is 0 Å². The second kappa shape index (κ2) is 9.37. The van der Waals surface area contributed by atoms with E-state index in [-0.39, 0.29) is 0 Å². The monoisotopic (exact) mass is 547 g/mol. The molecule has 0 radical (unpaired) electrons. The zero-order chi connectivity index (χ0) is 28.3. The van der Waals surface area contributed by atoms with Crippen molar-refractivity contribution in [2.24, 2.45) is 0 Å². The lowest BCUT2D eigenvalue weighted by Crippen LogP contribution is -1.94. The number of rotatable bonds is 3. The molecular weight excluding hydrogens is 522 g/mol. The quantitative estimate of drug-likeness (QED) is 0.206. The molecule has 0 aliphatic carbocycles. The Labute approximate surface area is 248 Å². The van der Waals surface area contributed by atoms with Crippen molar-refractivity contribution in [2.75, 3.05) is 0 Å². The lowest BCUT2D eigenvalue weighted by Gasteiger charge is -2.13. The number of para-hydroxylation sites is 4. The van der Waals surface area contributed by atoms with E-state index in [1.165, 1.54) is 27.2 Å². The molecule has 200 valence electrons. The zero-order valence-electron chi connectivity index (χ0n) is 23.3. The van der Waals surface area contributed by atoms with Crippen LogP contribution < -0.4 is 0 Å². The Balaban J connectivity index is 1.34. The molecule has 0 unspecified atom stereocenters. The number of benzene rings is 6. The van der Waals surface area contributed by atoms with Gasteiger partial charge in [0.15, 0.2) is 0 Å². The maximum Gasteiger partial charge on any atom is 0.0788 e. The largest absolute Gasteiger partial charge is 0.309 e. The van der Waals surface area contributed by atoms with E-state index in [9.17, 15) is 0 Å². The third-order valence-electron chi connectivity index (χ3n) is 8.54. The van der Waals surface area contributed by atoms with Crippen molar-refractivity contribution in [1.82, 2.24) is 14.5 Å². The Kier molecular flexibility index (Phi) is 5.20. The molecule has 3 heteroatoms. The molecule has 0 spiro atoms. The van der Waals surface area contributed by atoms with Gasteiger partial charge in [-0.3, -0.25) is 0 Å². The van der Waals surface area contributed by atoms with Gasteiger partial charge in [0.05, 0.1) is 33.5 Å². The summed E-state index contributed by atoms with van der Waals surface area (Å²) in [5.41, 5.74) is 9.62. The van der Waals surface area contributed by atoms with E-state index in [1.54, 1.807) is 0 Å². The van der Waals surface area contributed by atoms with Crippen LogP contribution >= 0.6 is 0 Å². The van der Waals surface area contributed by atoms with Crippen LogP contribution in [0.15, 0.2) is 152 Å². The van der Waals surface area contributed by atoms with Gasteiger partial charge in [-0.05, 0) is 60.0 Å². The minimum Gasteiger partial charge on any atom is -0.309 e. The number of pyridine rings is 2. The summed E-state index contributed by atoms with van der Waals surface area (Å²) in [7, 11) is 0. The maximum atomic E-state index is 5.28. The molecule has 9 rings (SSSR count). The fourth-order valence-electron chi connectivity index (χ4n) is 6.54. The van der Waals surface area contributed by atoms with Crippen LogP contribution in [0.3, 0.4) is 0 Å². The first-order chi connectivity index (χ1) is 21.3. The van der Waals surface area contributed by atoms with Crippen LogP contribution in [0.4, 0.5) is 0 Å². The van der Waals surface area contributed by atoms with Gasteiger partial charge in [0.25, 0.3) is 0 Å². The minimum atomic E-state index is 0.957. The molecule has 43 heavy (non-hydrogen) atoms. The van der Waals surface area contributed by atoms with E-state index >= 15 is 0 Å². The number of fused-ring (bicyclic) bond motifs is 7. The third kappa shape index (κ3) is 3.75. The van der Waals surface area contributed by atoms with E-state index in [2.05, 4.69) is 150 Å². The predicted molar refractivity (Wildman–Crippen MR) is 180 cm³/mol. The van der Waals surface area contributed by atoms with Crippen LogP contribution in [0.1, 0.15) is 0 Å². The molecule has 3 heterocycles. The minimum absolute atomic E-state index is 0.957. The van der Waals surface area contributed by atoms with Gasteiger partial charge in [-0.1, -0.05) is 97.1 Å². The van der Waals surface area contributed by atoms with Gasteiger partial charge in [0.2, 0.25) is 0 Å². The highest BCUT2D eigenvalue weighted by atomic mass is 15.0. The predicted octanol–water partition coefficient (Wildman–Crippen LogP) is 10.4. The van der Waals surface area contributed by atoms with Crippen molar-refractivity contribution >= 4 is 54.4 Å². The average molecular weight is 548 g/mol. The standard InChI is InChI=1S/C40H25N3/c1-2-14-29(15-3-1)43-38-20-9-6-17-31(38)33-24-34-32(25-39(33)43)30-16-5-8-19-37(30)42-40(34)28-13-10-12-27(23-28)36-22-21-26-11-4-7-18-35(26)41-36/h1-25H. The van der Waals surface area contributed by atoms with E-state index < -0.39 is 0 Å². The molecule has 0 aliphatic rings. The van der Waals surface area contributed by atoms with Crippen LogP contribution in [0.5, 0.6) is 0 Å². The summed E-state index contributed by atoms with van der Waals surface area (Å²) in [6.07, 6.45) is 0. The summed E-state index contributed by atoms with van der Waals surface area (Å²) in [4.78, 5) is 10.3. The fourth-order valence-corrected chi connectivity index (χ4v) is 6.54. The molecule has 0 atom stereocenters. The lowest BCUT2D eigenvalue weighted by molar-refractivity contribution is 1.18. The van der Waals surface area contributed by atoms with E-state index in [1.807, 2.05) is 6.07 Å². The normalized spacial score (nSPS) is 11.7. The Morgan fingerprint density at radius 3 is 2.05 bits per heavy atom. The molecule has 0 N–H and O–H groups in total. The number of aromatic nitrogens is 3. The third-order valence-corrected chi connectivity index (χ3v) is 8.54. The Bertz CT molecular complexity index is 2510. The molecule has 3 aromatic heterocycles. The highest BCUT2D eigenvalue weighted by Crippen LogP contribution is 2.40. The molecule has 3 nitrogen and oxygen atoms in total. The van der Waals surface area contributed by atoms with E-state index in [4.69, 9.17) is 9.97 Å². The molecule has 0 amide bonds. The zero-order valence-corrected chi connectivity index (χ0v) is 23.3. The lowest BCUT2D eigenvalue weighted by atomic mass is 9.96. The molecule has 0 fully saturated rings. The first-order valence-electron chi connectivity index (χ1n) is 14.6. The summed E-state index contributed by atoms with van der Waals surface area (Å²) in [5.74, 6) is 0. The van der Waals surface area contributed by atoms with Gasteiger partial charge < -0.3 is 4.57 Å². The molecule has 0 saturated carbocycles. The van der Waals surface area contributed by atoms with Crippen LogP contribution in [-0.4, -0.2) is 14.5 Å². The van der Waals surface area contributed by atoms with Gasteiger partial charge in [-0.25, -0.2) is 9.97 Å². The molecule has 6 aromatic carbocycles. The van der Waals surface area contributed by atoms with Crippen molar-refractivity contribution < 1.29 is 0 Å². The van der Waals surface area contributed by atoms with Crippen LogP contribution in [0, 0.1) is 0 Å². The highest BCUT2D eigenvalue weighted by molar-refractivity contribution is 6.20. The number of hydrogen-bond donors (Lipinski definition) is 0. The smallest absolute Gasteiger partial charge is 0.0788 e. The van der Waals surface area contributed by atoms with Gasteiger partial charge in [0, 0.05) is 43.7 Å².